The lowest BCUT2D eigenvalue weighted by atomic mass is 10.1. The molecule has 110 valence electrons. The number of nitrogens with one attached hydrogen (secondary N) is 1. The van der Waals surface area contributed by atoms with Gasteiger partial charge in [0.15, 0.2) is 5.13 Å². The first kappa shape index (κ1) is 14.3. The van der Waals surface area contributed by atoms with Crippen LogP contribution in [0.15, 0.2) is 48.2 Å². The number of hydrogen-bond donors (Lipinski definition) is 1. The van der Waals surface area contributed by atoms with Crippen LogP contribution in [0.1, 0.15) is 11.3 Å². The topological polar surface area (TPSA) is 67.8 Å². The number of nitrogens with zero attached hydrogens (tertiary/aromatic N) is 3. The van der Waals surface area contributed by atoms with Crippen molar-refractivity contribution in [1.29, 1.82) is 0 Å². The fourth-order valence-corrected chi connectivity index (χ4v) is 2.67. The first-order valence-electron chi connectivity index (χ1n) is 6.78. The summed E-state index contributed by atoms with van der Waals surface area (Å²) in [5.74, 6) is -0.148. The molecule has 1 amide bonds. The molecular weight excluding hydrogens is 296 g/mol. The zero-order chi connectivity index (χ0) is 15.4. The predicted octanol–water partition coefficient (Wildman–Crippen LogP) is 3.09. The molecule has 0 aliphatic heterocycles. The Labute approximate surface area is 132 Å². The third-order valence-corrected chi connectivity index (χ3v) is 3.81. The van der Waals surface area contributed by atoms with Gasteiger partial charge in [-0.3, -0.25) is 14.8 Å². The van der Waals surface area contributed by atoms with Crippen molar-refractivity contribution in [2.24, 2.45) is 0 Å². The number of anilines is 1. The lowest BCUT2D eigenvalue weighted by molar-refractivity contribution is -0.115. The summed E-state index contributed by atoms with van der Waals surface area (Å²) in [4.78, 5) is 24.4. The van der Waals surface area contributed by atoms with Gasteiger partial charge in [-0.15, -0.1) is 11.3 Å². The second-order valence-electron chi connectivity index (χ2n) is 4.83. The van der Waals surface area contributed by atoms with Crippen LogP contribution in [0, 0.1) is 6.92 Å². The summed E-state index contributed by atoms with van der Waals surface area (Å²) in [6.45, 7) is 2.04. The SMILES string of the molecule is Cc1ccc(-c2csc(NC(=O)Cc3cnccn3)n2)cc1. The van der Waals surface area contributed by atoms with Gasteiger partial charge in [0.25, 0.3) is 0 Å². The van der Waals surface area contributed by atoms with Crippen molar-refractivity contribution in [3.05, 3.63) is 59.5 Å². The Morgan fingerprint density at radius 1 is 1.23 bits per heavy atom. The first-order chi connectivity index (χ1) is 10.7. The summed E-state index contributed by atoms with van der Waals surface area (Å²) < 4.78 is 0. The fourth-order valence-electron chi connectivity index (χ4n) is 1.94. The van der Waals surface area contributed by atoms with Crippen LogP contribution in [0.3, 0.4) is 0 Å². The summed E-state index contributed by atoms with van der Waals surface area (Å²) in [7, 11) is 0. The quantitative estimate of drug-likeness (QED) is 0.804. The molecule has 2 heterocycles. The van der Waals surface area contributed by atoms with E-state index < -0.39 is 0 Å². The minimum Gasteiger partial charge on any atom is -0.302 e. The average molecular weight is 310 g/mol. The van der Waals surface area contributed by atoms with Crippen molar-refractivity contribution in [1.82, 2.24) is 15.0 Å². The van der Waals surface area contributed by atoms with Crippen molar-refractivity contribution in [2.45, 2.75) is 13.3 Å². The zero-order valence-electron chi connectivity index (χ0n) is 12.0. The van der Waals surface area contributed by atoms with E-state index in [0.717, 1.165) is 11.3 Å². The van der Waals surface area contributed by atoms with Gasteiger partial charge in [-0.05, 0) is 6.92 Å². The summed E-state index contributed by atoms with van der Waals surface area (Å²) in [6, 6.07) is 8.13. The minimum absolute atomic E-state index is 0.148. The molecular formula is C16H14N4OS. The molecule has 0 saturated carbocycles. The molecule has 0 aliphatic rings. The molecule has 2 aromatic heterocycles. The molecule has 0 radical (unpaired) electrons. The van der Waals surface area contributed by atoms with Gasteiger partial charge in [0.05, 0.1) is 17.8 Å². The van der Waals surface area contributed by atoms with Crippen molar-refractivity contribution in [3.63, 3.8) is 0 Å². The minimum atomic E-state index is -0.148. The number of thiazole rings is 1. The second-order valence-corrected chi connectivity index (χ2v) is 5.68. The summed E-state index contributed by atoms with van der Waals surface area (Å²) >= 11 is 1.41. The molecule has 22 heavy (non-hydrogen) atoms. The Morgan fingerprint density at radius 2 is 2.05 bits per heavy atom. The van der Waals surface area contributed by atoms with Gasteiger partial charge >= 0.3 is 0 Å². The third-order valence-electron chi connectivity index (χ3n) is 3.06. The summed E-state index contributed by atoms with van der Waals surface area (Å²) in [5, 5.41) is 5.31. The number of benzene rings is 1. The van der Waals surface area contributed by atoms with Gasteiger partial charge in [-0.1, -0.05) is 29.8 Å². The highest BCUT2D eigenvalue weighted by Crippen LogP contribution is 2.25. The van der Waals surface area contributed by atoms with Crippen LogP contribution >= 0.6 is 11.3 Å². The van der Waals surface area contributed by atoms with Gasteiger partial charge in [-0.25, -0.2) is 4.98 Å². The lowest BCUT2D eigenvalue weighted by Crippen LogP contribution is -2.15. The summed E-state index contributed by atoms with van der Waals surface area (Å²) in [6.07, 6.45) is 4.92. The van der Waals surface area contributed by atoms with E-state index in [1.165, 1.54) is 16.9 Å². The Bertz CT molecular complexity index is 768. The monoisotopic (exact) mass is 310 g/mol. The molecule has 0 saturated heterocycles. The van der Waals surface area contributed by atoms with Crippen LogP contribution in [-0.4, -0.2) is 20.9 Å². The van der Waals surface area contributed by atoms with Crippen LogP contribution in [0.5, 0.6) is 0 Å². The molecule has 0 spiro atoms. The maximum Gasteiger partial charge on any atom is 0.232 e. The molecule has 3 rings (SSSR count). The highest BCUT2D eigenvalue weighted by Gasteiger charge is 2.09. The average Bonchev–Trinajstić information content (AvgIpc) is 2.97. The molecule has 6 heteroatoms. The van der Waals surface area contributed by atoms with Crippen molar-refractivity contribution in [3.8, 4) is 11.3 Å². The second kappa shape index (κ2) is 6.44. The van der Waals surface area contributed by atoms with E-state index in [9.17, 15) is 4.79 Å². The number of aryl methyl sites for hydroxylation is 1. The highest BCUT2D eigenvalue weighted by molar-refractivity contribution is 7.14. The van der Waals surface area contributed by atoms with E-state index in [1.54, 1.807) is 18.6 Å². The van der Waals surface area contributed by atoms with E-state index in [2.05, 4.69) is 20.3 Å². The fraction of sp³-hybridized carbons (Fsp3) is 0.125. The van der Waals surface area contributed by atoms with Crippen LogP contribution in [0.25, 0.3) is 11.3 Å². The summed E-state index contributed by atoms with van der Waals surface area (Å²) in [5.41, 5.74) is 3.74. The molecule has 1 aromatic carbocycles. The van der Waals surface area contributed by atoms with Crippen LogP contribution in [-0.2, 0) is 11.2 Å². The number of amides is 1. The van der Waals surface area contributed by atoms with Gasteiger partial charge < -0.3 is 5.32 Å². The molecule has 0 fully saturated rings. The molecule has 0 aliphatic carbocycles. The number of carbonyl (C=O) groups excluding carboxylic acids is 1. The third kappa shape index (κ3) is 3.53. The number of aromatic nitrogens is 3. The standard InChI is InChI=1S/C16H14N4OS/c1-11-2-4-12(5-3-11)14-10-22-16(19-14)20-15(21)8-13-9-17-6-7-18-13/h2-7,9-10H,8H2,1H3,(H,19,20,21). The molecule has 0 bridgehead atoms. The van der Waals surface area contributed by atoms with Crippen molar-refractivity contribution in [2.75, 3.05) is 5.32 Å². The number of hydrogen-bond acceptors (Lipinski definition) is 5. The molecule has 5 nitrogen and oxygen atoms in total. The van der Waals surface area contributed by atoms with Crippen molar-refractivity contribution < 1.29 is 4.79 Å². The Morgan fingerprint density at radius 3 is 2.77 bits per heavy atom. The van der Waals surface area contributed by atoms with Crippen LogP contribution < -0.4 is 5.32 Å². The largest absolute Gasteiger partial charge is 0.302 e. The van der Waals surface area contributed by atoms with E-state index in [4.69, 9.17) is 0 Å². The normalized spacial score (nSPS) is 10.4. The van der Waals surface area contributed by atoms with Crippen LogP contribution in [0.4, 0.5) is 5.13 Å². The first-order valence-corrected chi connectivity index (χ1v) is 7.66. The molecule has 3 aromatic rings. The van der Waals surface area contributed by atoms with Gasteiger partial charge in [0, 0.05) is 29.5 Å². The van der Waals surface area contributed by atoms with Gasteiger partial charge in [-0.2, -0.15) is 0 Å². The molecule has 0 atom stereocenters. The maximum atomic E-state index is 12.0. The van der Waals surface area contributed by atoms with Crippen molar-refractivity contribution >= 4 is 22.4 Å². The maximum absolute atomic E-state index is 12.0. The predicted molar refractivity (Wildman–Crippen MR) is 86.7 cm³/mol. The molecule has 1 N–H and O–H groups in total. The lowest BCUT2D eigenvalue weighted by Gasteiger charge is -2.01. The van der Waals surface area contributed by atoms with Gasteiger partial charge in [0.2, 0.25) is 5.91 Å². The van der Waals surface area contributed by atoms with E-state index >= 15 is 0 Å². The Kier molecular flexibility index (Phi) is 4.20. The van der Waals surface area contributed by atoms with E-state index in [-0.39, 0.29) is 12.3 Å². The number of carbonyl (C=O) groups is 1. The number of rotatable bonds is 4. The Hall–Kier alpha value is -2.60. The van der Waals surface area contributed by atoms with E-state index in [1.807, 2.05) is 36.6 Å². The smallest absolute Gasteiger partial charge is 0.232 e. The Balaban J connectivity index is 1.66. The van der Waals surface area contributed by atoms with Gasteiger partial charge in [0.1, 0.15) is 0 Å². The van der Waals surface area contributed by atoms with E-state index in [0.29, 0.717) is 10.8 Å². The van der Waals surface area contributed by atoms with Crippen LogP contribution in [0.2, 0.25) is 0 Å². The zero-order valence-corrected chi connectivity index (χ0v) is 12.8. The molecule has 0 unspecified atom stereocenters. The highest BCUT2D eigenvalue weighted by atomic mass is 32.1.